The fourth-order valence-electron chi connectivity index (χ4n) is 1.66. The van der Waals surface area contributed by atoms with E-state index in [1.165, 1.54) is 6.07 Å². The summed E-state index contributed by atoms with van der Waals surface area (Å²) in [4.78, 5) is 10.9. The van der Waals surface area contributed by atoms with Gasteiger partial charge in [-0.2, -0.15) is 0 Å². The van der Waals surface area contributed by atoms with Crippen molar-refractivity contribution in [2.75, 3.05) is 5.32 Å². The fraction of sp³-hybridized carbons (Fsp3) is 0.154. The Morgan fingerprint density at radius 3 is 2.79 bits per heavy atom. The molecule has 0 amide bonds. The molecule has 2 rings (SSSR count). The number of carboxylic acids is 1. The molecule has 0 atom stereocenters. The van der Waals surface area contributed by atoms with Crippen LogP contribution in [0.15, 0.2) is 33.2 Å². The summed E-state index contributed by atoms with van der Waals surface area (Å²) in [7, 11) is 0. The molecule has 1 heterocycles. The third kappa shape index (κ3) is 3.30. The molecule has 0 aliphatic carbocycles. The second-order valence-corrected chi connectivity index (χ2v) is 5.29. The zero-order valence-electron chi connectivity index (χ0n) is 10.0. The van der Waals surface area contributed by atoms with Crippen LogP contribution in [0.5, 0.6) is 0 Å². The molecule has 6 heteroatoms. The number of furan rings is 1. The van der Waals surface area contributed by atoms with Crippen LogP contribution >= 0.6 is 27.5 Å². The van der Waals surface area contributed by atoms with E-state index in [1.807, 2.05) is 12.1 Å². The number of halogens is 2. The lowest BCUT2D eigenvalue weighted by Crippen LogP contribution is -1.99. The van der Waals surface area contributed by atoms with Crippen LogP contribution in [0.2, 0.25) is 5.02 Å². The van der Waals surface area contributed by atoms with Crippen LogP contribution in [0, 0.1) is 6.92 Å². The number of hydrogen-bond donors (Lipinski definition) is 2. The highest BCUT2D eigenvalue weighted by Gasteiger charge is 2.13. The standard InChI is InChI=1S/C13H11BrClNO3/c1-7-10(13(17)18)5-9(19-7)6-16-12-3-2-8(14)4-11(12)15/h2-5,16H,6H2,1H3,(H,17,18). The highest BCUT2D eigenvalue weighted by atomic mass is 79.9. The molecule has 1 aromatic heterocycles. The van der Waals surface area contributed by atoms with E-state index in [-0.39, 0.29) is 5.56 Å². The molecule has 0 bridgehead atoms. The van der Waals surface area contributed by atoms with E-state index in [9.17, 15) is 4.79 Å². The van der Waals surface area contributed by atoms with Crippen molar-refractivity contribution in [3.05, 3.63) is 50.8 Å². The number of carbonyl (C=O) groups is 1. The number of aromatic carboxylic acids is 1. The summed E-state index contributed by atoms with van der Waals surface area (Å²) in [5, 5.41) is 12.6. The average molecular weight is 345 g/mol. The van der Waals surface area contributed by atoms with Crippen molar-refractivity contribution in [3.8, 4) is 0 Å². The Hall–Kier alpha value is -1.46. The van der Waals surface area contributed by atoms with Crippen LogP contribution in [0.3, 0.4) is 0 Å². The number of aryl methyl sites for hydroxylation is 1. The minimum Gasteiger partial charge on any atom is -0.478 e. The highest BCUT2D eigenvalue weighted by molar-refractivity contribution is 9.10. The van der Waals surface area contributed by atoms with E-state index >= 15 is 0 Å². The maximum Gasteiger partial charge on any atom is 0.339 e. The van der Waals surface area contributed by atoms with Crippen molar-refractivity contribution in [3.63, 3.8) is 0 Å². The number of anilines is 1. The Morgan fingerprint density at radius 2 is 2.21 bits per heavy atom. The van der Waals surface area contributed by atoms with Gasteiger partial charge in [0.05, 0.1) is 17.3 Å². The molecular weight excluding hydrogens is 334 g/mol. The first-order valence-corrected chi connectivity index (χ1v) is 6.66. The van der Waals surface area contributed by atoms with E-state index in [0.717, 1.165) is 10.2 Å². The molecule has 0 unspecified atom stereocenters. The Bertz CT molecular complexity index is 624. The maximum atomic E-state index is 10.9. The first kappa shape index (κ1) is 14.0. The second-order valence-electron chi connectivity index (χ2n) is 3.97. The molecule has 1 aromatic carbocycles. The molecule has 2 N–H and O–H groups in total. The maximum absolute atomic E-state index is 10.9. The summed E-state index contributed by atoms with van der Waals surface area (Å²) >= 11 is 9.39. The van der Waals surface area contributed by atoms with Crippen molar-refractivity contribution in [2.45, 2.75) is 13.5 Å². The van der Waals surface area contributed by atoms with Crippen molar-refractivity contribution < 1.29 is 14.3 Å². The van der Waals surface area contributed by atoms with Gasteiger partial charge >= 0.3 is 5.97 Å². The van der Waals surface area contributed by atoms with E-state index in [1.54, 1.807) is 13.0 Å². The summed E-state index contributed by atoms with van der Waals surface area (Å²) in [5.74, 6) is -0.0470. The highest BCUT2D eigenvalue weighted by Crippen LogP contribution is 2.26. The minimum atomic E-state index is -0.992. The molecule has 2 aromatic rings. The zero-order valence-corrected chi connectivity index (χ0v) is 12.4. The average Bonchev–Trinajstić information content (AvgIpc) is 2.69. The summed E-state index contributed by atoms with van der Waals surface area (Å²) in [6, 6.07) is 6.99. The number of hydrogen-bond acceptors (Lipinski definition) is 3. The van der Waals surface area contributed by atoms with Gasteiger partial charge in [-0.05, 0) is 31.2 Å². The second kappa shape index (κ2) is 5.67. The molecule has 0 aliphatic rings. The van der Waals surface area contributed by atoms with Crippen LogP contribution in [0.25, 0.3) is 0 Å². The first-order chi connectivity index (χ1) is 8.97. The smallest absolute Gasteiger partial charge is 0.339 e. The van der Waals surface area contributed by atoms with Gasteiger partial charge in [-0.3, -0.25) is 0 Å². The van der Waals surface area contributed by atoms with Gasteiger partial charge in [0.25, 0.3) is 0 Å². The van der Waals surface area contributed by atoms with E-state index in [2.05, 4.69) is 21.2 Å². The lowest BCUT2D eigenvalue weighted by molar-refractivity contribution is 0.0695. The Labute approximate surface area is 123 Å². The summed E-state index contributed by atoms with van der Waals surface area (Å²) in [5.41, 5.74) is 0.939. The number of benzene rings is 1. The zero-order chi connectivity index (χ0) is 14.0. The summed E-state index contributed by atoms with van der Waals surface area (Å²) in [6.45, 7) is 2.00. The first-order valence-electron chi connectivity index (χ1n) is 5.49. The molecule has 100 valence electrons. The number of rotatable bonds is 4. The molecule has 0 spiro atoms. The normalized spacial score (nSPS) is 10.5. The predicted molar refractivity (Wildman–Crippen MR) is 76.9 cm³/mol. The SMILES string of the molecule is Cc1oc(CNc2ccc(Br)cc2Cl)cc1C(=O)O. The Kier molecular flexibility index (Phi) is 4.17. The Morgan fingerprint density at radius 1 is 1.47 bits per heavy atom. The van der Waals surface area contributed by atoms with Crippen LogP contribution in [-0.2, 0) is 6.54 Å². The summed E-state index contributed by atoms with van der Waals surface area (Å²) < 4.78 is 6.26. The van der Waals surface area contributed by atoms with Crippen LogP contribution < -0.4 is 5.32 Å². The molecule has 0 fully saturated rings. The molecular formula is C13H11BrClNO3. The van der Waals surface area contributed by atoms with E-state index < -0.39 is 5.97 Å². The number of nitrogens with one attached hydrogen (secondary N) is 1. The van der Waals surface area contributed by atoms with Crippen molar-refractivity contribution in [2.24, 2.45) is 0 Å². The van der Waals surface area contributed by atoms with Gasteiger partial charge in [0.2, 0.25) is 0 Å². The van der Waals surface area contributed by atoms with E-state index in [4.69, 9.17) is 21.1 Å². The topological polar surface area (TPSA) is 62.5 Å². The monoisotopic (exact) mass is 343 g/mol. The van der Waals surface area contributed by atoms with Crippen molar-refractivity contribution >= 4 is 39.2 Å². The van der Waals surface area contributed by atoms with Gasteiger partial charge in [-0.25, -0.2) is 4.79 Å². The third-order valence-corrected chi connectivity index (χ3v) is 3.39. The quantitative estimate of drug-likeness (QED) is 0.867. The van der Waals surface area contributed by atoms with Crippen molar-refractivity contribution in [1.82, 2.24) is 0 Å². The molecule has 0 saturated carbocycles. The number of carboxylic acid groups (broad SMARTS) is 1. The van der Waals surface area contributed by atoms with Crippen LogP contribution in [-0.4, -0.2) is 11.1 Å². The minimum absolute atomic E-state index is 0.179. The van der Waals surface area contributed by atoms with Crippen LogP contribution in [0.4, 0.5) is 5.69 Å². The molecule has 0 radical (unpaired) electrons. The van der Waals surface area contributed by atoms with Gasteiger partial charge in [-0.1, -0.05) is 27.5 Å². The summed E-state index contributed by atoms with van der Waals surface area (Å²) in [6.07, 6.45) is 0. The molecule has 0 aliphatic heterocycles. The largest absolute Gasteiger partial charge is 0.478 e. The fourth-order valence-corrected chi connectivity index (χ4v) is 2.40. The van der Waals surface area contributed by atoms with Gasteiger partial charge in [0, 0.05) is 4.47 Å². The molecule has 4 nitrogen and oxygen atoms in total. The molecule has 19 heavy (non-hydrogen) atoms. The van der Waals surface area contributed by atoms with Gasteiger partial charge < -0.3 is 14.8 Å². The van der Waals surface area contributed by atoms with E-state index in [0.29, 0.717) is 23.1 Å². The van der Waals surface area contributed by atoms with Crippen molar-refractivity contribution in [1.29, 1.82) is 0 Å². The van der Waals surface area contributed by atoms with Gasteiger partial charge in [-0.15, -0.1) is 0 Å². The Balaban J connectivity index is 2.10. The lowest BCUT2D eigenvalue weighted by atomic mass is 10.2. The predicted octanol–water partition coefficient (Wildman–Crippen LogP) is 4.31. The third-order valence-electron chi connectivity index (χ3n) is 2.58. The lowest BCUT2D eigenvalue weighted by Gasteiger charge is -2.06. The van der Waals surface area contributed by atoms with Crippen LogP contribution in [0.1, 0.15) is 21.9 Å². The molecule has 0 saturated heterocycles. The van der Waals surface area contributed by atoms with Gasteiger partial charge in [0.15, 0.2) is 0 Å². The van der Waals surface area contributed by atoms with Gasteiger partial charge in [0.1, 0.15) is 17.1 Å².